The number of aromatic nitrogens is 3. The number of nitrogens with two attached hydrogens (primary N) is 1. The van der Waals surface area contributed by atoms with Crippen molar-refractivity contribution in [2.45, 2.75) is 45.2 Å². The summed E-state index contributed by atoms with van der Waals surface area (Å²) in [6.45, 7) is 3.96. The Hall–Kier alpha value is -2.70. The molecule has 0 radical (unpaired) electrons. The normalized spacial score (nSPS) is 16.5. The average molecular weight is 326 g/mol. The molecule has 0 bridgehead atoms. The van der Waals surface area contributed by atoms with Gasteiger partial charge in [0, 0.05) is 30.7 Å². The van der Waals surface area contributed by atoms with Crippen LogP contribution in [0.2, 0.25) is 0 Å². The van der Waals surface area contributed by atoms with E-state index in [0.29, 0.717) is 17.3 Å². The molecular weight excluding hydrogens is 304 g/mol. The number of pyridine rings is 1. The highest BCUT2D eigenvalue weighted by Crippen LogP contribution is 2.23. The van der Waals surface area contributed by atoms with Gasteiger partial charge in [-0.3, -0.25) is 9.78 Å². The van der Waals surface area contributed by atoms with Crippen molar-refractivity contribution in [2.75, 3.05) is 10.6 Å². The van der Waals surface area contributed by atoms with Crippen molar-refractivity contribution in [1.82, 2.24) is 15.0 Å². The van der Waals surface area contributed by atoms with Gasteiger partial charge in [0.25, 0.3) is 5.91 Å². The second kappa shape index (κ2) is 6.82. The number of carbonyl (C=O) groups excluding carboxylic acids is 1. The zero-order valence-corrected chi connectivity index (χ0v) is 13.9. The topological polar surface area (TPSA) is 106 Å². The highest BCUT2D eigenvalue weighted by Gasteiger charge is 2.20. The van der Waals surface area contributed by atoms with Gasteiger partial charge < -0.3 is 16.4 Å². The van der Waals surface area contributed by atoms with Crippen LogP contribution in [0.15, 0.2) is 24.7 Å². The maximum Gasteiger partial charge on any atom is 0.254 e. The van der Waals surface area contributed by atoms with Crippen LogP contribution in [0.25, 0.3) is 0 Å². The van der Waals surface area contributed by atoms with Crippen LogP contribution in [0.3, 0.4) is 0 Å². The van der Waals surface area contributed by atoms with Crippen LogP contribution in [0.1, 0.15) is 41.8 Å². The van der Waals surface area contributed by atoms with Gasteiger partial charge in [-0.2, -0.15) is 4.98 Å². The van der Waals surface area contributed by atoms with E-state index >= 15 is 0 Å². The molecule has 126 valence electrons. The Kier molecular flexibility index (Phi) is 4.59. The molecule has 1 amide bonds. The molecule has 3 rings (SSSR count). The van der Waals surface area contributed by atoms with Crippen molar-refractivity contribution in [3.8, 4) is 0 Å². The SMILES string of the molecule is CC(C)Nc1nc(N[C@@H]2CCc3cnccc3C2)ncc1C(N)=O. The van der Waals surface area contributed by atoms with Gasteiger partial charge in [0.15, 0.2) is 0 Å². The average Bonchev–Trinajstić information content (AvgIpc) is 2.54. The second-order valence-corrected chi connectivity index (χ2v) is 6.35. The van der Waals surface area contributed by atoms with Gasteiger partial charge in [0.05, 0.1) is 5.56 Å². The molecule has 1 aliphatic rings. The summed E-state index contributed by atoms with van der Waals surface area (Å²) in [5.74, 6) is 0.435. The first-order chi connectivity index (χ1) is 11.5. The van der Waals surface area contributed by atoms with Gasteiger partial charge in [-0.25, -0.2) is 4.98 Å². The molecule has 0 fully saturated rings. The first-order valence-electron chi connectivity index (χ1n) is 8.14. The lowest BCUT2D eigenvalue weighted by molar-refractivity contribution is 0.100. The minimum Gasteiger partial charge on any atom is -0.367 e. The molecular formula is C17H22N6O. The third kappa shape index (κ3) is 3.61. The van der Waals surface area contributed by atoms with E-state index in [1.807, 2.05) is 26.2 Å². The third-order valence-corrected chi connectivity index (χ3v) is 4.05. The van der Waals surface area contributed by atoms with Gasteiger partial charge in [-0.1, -0.05) is 0 Å². The van der Waals surface area contributed by atoms with Gasteiger partial charge in [-0.15, -0.1) is 0 Å². The standard InChI is InChI=1S/C17H22N6O/c1-10(2)21-16-14(15(18)24)9-20-17(23-16)22-13-4-3-12-8-19-6-5-11(12)7-13/h5-6,8-10,13H,3-4,7H2,1-2H3,(H2,18,24)(H2,20,21,22,23)/t13-/m1/s1. The van der Waals surface area contributed by atoms with Crippen molar-refractivity contribution in [1.29, 1.82) is 0 Å². The lowest BCUT2D eigenvalue weighted by Crippen LogP contribution is -2.29. The molecule has 0 saturated heterocycles. The Labute approximate surface area is 141 Å². The van der Waals surface area contributed by atoms with Crippen LogP contribution in [0.4, 0.5) is 11.8 Å². The molecule has 2 aromatic rings. The Morgan fingerprint density at radius 2 is 2.17 bits per heavy atom. The van der Waals surface area contributed by atoms with Crippen LogP contribution in [0, 0.1) is 0 Å². The van der Waals surface area contributed by atoms with Crippen molar-refractivity contribution >= 4 is 17.7 Å². The van der Waals surface area contributed by atoms with Crippen molar-refractivity contribution in [3.63, 3.8) is 0 Å². The van der Waals surface area contributed by atoms with E-state index in [1.54, 1.807) is 0 Å². The molecule has 0 spiro atoms. The summed E-state index contributed by atoms with van der Waals surface area (Å²) < 4.78 is 0. The summed E-state index contributed by atoms with van der Waals surface area (Å²) >= 11 is 0. The highest BCUT2D eigenvalue weighted by molar-refractivity contribution is 5.97. The van der Waals surface area contributed by atoms with Gasteiger partial charge in [0.2, 0.25) is 5.95 Å². The fourth-order valence-electron chi connectivity index (χ4n) is 2.90. The fraction of sp³-hybridized carbons (Fsp3) is 0.412. The number of amides is 1. The number of fused-ring (bicyclic) bond motifs is 1. The van der Waals surface area contributed by atoms with Gasteiger partial charge >= 0.3 is 0 Å². The summed E-state index contributed by atoms with van der Waals surface area (Å²) in [5.41, 5.74) is 8.31. The minimum absolute atomic E-state index is 0.139. The first kappa shape index (κ1) is 16.2. The third-order valence-electron chi connectivity index (χ3n) is 4.05. The van der Waals surface area contributed by atoms with E-state index in [4.69, 9.17) is 5.73 Å². The monoisotopic (exact) mass is 326 g/mol. The summed E-state index contributed by atoms with van der Waals surface area (Å²) in [7, 11) is 0. The van der Waals surface area contributed by atoms with E-state index in [1.165, 1.54) is 17.3 Å². The molecule has 0 aliphatic heterocycles. The Morgan fingerprint density at radius 3 is 2.92 bits per heavy atom. The van der Waals surface area contributed by atoms with E-state index in [2.05, 4.69) is 31.7 Å². The lowest BCUT2D eigenvalue weighted by atomic mass is 9.90. The summed E-state index contributed by atoms with van der Waals surface area (Å²) in [4.78, 5) is 24.4. The molecule has 7 nitrogen and oxygen atoms in total. The zero-order chi connectivity index (χ0) is 17.1. The van der Waals surface area contributed by atoms with E-state index < -0.39 is 5.91 Å². The number of aryl methyl sites for hydroxylation is 1. The lowest BCUT2D eigenvalue weighted by Gasteiger charge is -2.25. The summed E-state index contributed by atoms with van der Waals surface area (Å²) in [5, 5.41) is 6.51. The summed E-state index contributed by atoms with van der Waals surface area (Å²) in [6.07, 6.45) is 8.12. The van der Waals surface area contributed by atoms with Crippen molar-refractivity contribution in [3.05, 3.63) is 41.3 Å². The van der Waals surface area contributed by atoms with Crippen LogP contribution < -0.4 is 16.4 Å². The Balaban J connectivity index is 1.77. The van der Waals surface area contributed by atoms with Crippen molar-refractivity contribution in [2.24, 2.45) is 5.73 Å². The van der Waals surface area contributed by atoms with Crippen molar-refractivity contribution < 1.29 is 4.79 Å². The molecule has 2 aromatic heterocycles. The maximum atomic E-state index is 11.5. The molecule has 24 heavy (non-hydrogen) atoms. The predicted molar refractivity (Wildman–Crippen MR) is 93.0 cm³/mol. The molecule has 2 heterocycles. The number of rotatable bonds is 5. The van der Waals surface area contributed by atoms with Crippen LogP contribution >= 0.6 is 0 Å². The number of nitrogens with zero attached hydrogens (tertiary/aromatic N) is 3. The Bertz CT molecular complexity index is 746. The zero-order valence-electron chi connectivity index (χ0n) is 13.9. The number of carbonyl (C=O) groups is 1. The van der Waals surface area contributed by atoms with E-state index in [9.17, 15) is 4.79 Å². The largest absolute Gasteiger partial charge is 0.367 e. The number of primary amides is 1. The molecule has 0 unspecified atom stereocenters. The quantitative estimate of drug-likeness (QED) is 0.773. The second-order valence-electron chi connectivity index (χ2n) is 6.35. The first-order valence-corrected chi connectivity index (χ1v) is 8.14. The number of hydrogen-bond donors (Lipinski definition) is 3. The van der Waals surface area contributed by atoms with Crippen LogP contribution in [0.5, 0.6) is 0 Å². The van der Waals surface area contributed by atoms with Gasteiger partial charge in [-0.05, 0) is 50.3 Å². The maximum absolute atomic E-state index is 11.5. The molecule has 0 aromatic carbocycles. The number of hydrogen-bond acceptors (Lipinski definition) is 6. The molecule has 4 N–H and O–H groups in total. The van der Waals surface area contributed by atoms with Crippen LogP contribution in [-0.4, -0.2) is 32.9 Å². The predicted octanol–water partition coefficient (Wildman–Crippen LogP) is 1.76. The number of anilines is 2. The minimum atomic E-state index is -0.538. The van der Waals surface area contributed by atoms with Gasteiger partial charge in [0.1, 0.15) is 5.82 Å². The molecule has 1 aliphatic carbocycles. The molecule has 0 saturated carbocycles. The van der Waals surface area contributed by atoms with E-state index in [0.717, 1.165) is 19.3 Å². The fourth-order valence-corrected chi connectivity index (χ4v) is 2.90. The highest BCUT2D eigenvalue weighted by atomic mass is 16.1. The number of nitrogens with one attached hydrogen (secondary N) is 2. The molecule has 7 heteroatoms. The smallest absolute Gasteiger partial charge is 0.254 e. The molecule has 1 atom stereocenters. The Morgan fingerprint density at radius 1 is 1.33 bits per heavy atom. The van der Waals surface area contributed by atoms with Crippen LogP contribution in [-0.2, 0) is 12.8 Å². The van der Waals surface area contributed by atoms with E-state index in [-0.39, 0.29) is 12.1 Å². The summed E-state index contributed by atoms with van der Waals surface area (Å²) in [6, 6.07) is 2.46.